The highest BCUT2D eigenvalue weighted by atomic mass is 35.5. The predicted octanol–water partition coefficient (Wildman–Crippen LogP) is 16.5. The lowest BCUT2D eigenvalue weighted by Gasteiger charge is -2.28. The van der Waals surface area contributed by atoms with Gasteiger partial charge in [0.05, 0.1) is 46.1 Å². The van der Waals surface area contributed by atoms with E-state index < -0.39 is 0 Å². The van der Waals surface area contributed by atoms with Gasteiger partial charge in [0.15, 0.2) is 34.7 Å². The van der Waals surface area contributed by atoms with Crippen LogP contribution in [0, 0.1) is 0 Å². The number of nitrogens with zero attached hydrogens (tertiary/aromatic N) is 16. The van der Waals surface area contributed by atoms with Crippen LogP contribution in [0.1, 0.15) is 115 Å². The Balaban J connectivity index is 0.000000121. The zero-order chi connectivity index (χ0) is 80.7. The number of rotatable bonds is 21. The molecule has 0 bridgehead atoms. The van der Waals surface area contributed by atoms with Gasteiger partial charge in [-0.2, -0.15) is 35.3 Å². The van der Waals surface area contributed by atoms with Gasteiger partial charge in [0, 0.05) is 156 Å². The van der Waals surface area contributed by atoms with Gasteiger partial charge >= 0.3 is 0 Å². The van der Waals surface area contributed by atoms with E-state index in [9.17, 15) is 0 Å². The minimum atomic E-state index is 0.0625. The van der Waals surface area contributed by atoms with Gasteiger partial charge in [-0.15, -0.1) is 0 Å². The van der Waals surface area contributed by atoms with Gasteiger partial charge in [0.25, 0.3) is 0 Å². The van der Waals surface area contributed by atoms with E-state index in [4.69, 9.17) is 109 Å². The van der Waals surface area contributed by atoms with E-state index in [2.05, 4.69) is 134 Å². The summed E-state index contributed by atoms with van der Waals surface area (Å²) in [6.45, 7) is 7.95. The molecule has 14 aromatic rings. The highest BCUT2D eigenvalue weighted by molar-refractivity contribution is 6.35. The highest BCUT2D eigenvalue weighted by Crippen LogP contribution is 2.42. The van der Waals surface area contributed by atoms with Crippen LogP contribution in [0.4, 0.5) is 58.4 Å². The van der Waals surface area contributed by atoms with Gasteiger partial charge in [0.2, 0.25) is 22.5 Å². The van der Waals surface area contributed by atoms with Gasteiger partial charge < -0.3 is 71.3 Å². The fraction of sp³-hybridized carbons (Fsp3) is 0.295. The molecule has 6 fully saturated rings. The Bertz CT molecular complexity index is 5330. The van der Waals surface area contributed by atoms with Crippen LogP contribution in [0.2, 0.25) is 31.2 Å². The summed E-state index contributed by atoms with van der Waals surface area (Å²) in [6, 6.07) is 49.9. The average Bonchev–Trinajstić information content (AvgIpc) is 1.60. The molecule has 0 radical (unpaired) electrons. The molecule has 0 unspecified atom stereocenters. The molecule has 117 heavy (non-hydrogen) atoms. The Morgan fingerprint density at radius 2 is 0.761 bits per heavy atom. The largest absolute Gasteiger partial charge is 0.382 e. The molecule has 6 aliphatic rings. The number of nitrogen functional groups attached to an aromatic ring is 1. The Hall–Kier alpha value is -11.4. The minimum absolute atomic E-state index is 0.0625. The summed E-state index contributed by atoms with van der Waals surface area (Å²) < 4.78 is 26.4. The Labute approximate surface area is 701 Å². The first-order chi connectivity index (χ1) is 57.2. The second-order valence-electron chi connectivity index (χ2n) is 27.3. The maximum atomic E-state index is 6.15. The second kappa shape index (κ2) is 41.0. The van der Waals surface area contributed by atoms with Crippen molar-refractivity contribution in [3.8, 4) is 33.8 Å². The number of H-pyrrole nitrogens is 4. The molecular weight excluding hydrogens is 1620 g/mol. The lowest BCUT2D eigenvalue weighted by atomic mass is 10.1. The molecule has 2 aliphatic heterocycles. The molecule has 0 atom stereocenters. The third-order valence-corrected chi connectivity index (χ3v) is 19.2. The molecule has 11 aromatic heterocycles. The molecule has 0 amide bonds. The number of hydrogen-bond donors (Lipinski definition) is 12. The van der Waals surface area contributed by atoms with Crippen LogP contribution in [-0.4, -0.2) is 149 Å². The first-order valence-corrected chi connectivity index (χ1v) is 40.0. The Kier molecular flexibility index (Phi) is 28.8. The number of nitrogens with two attached hydrogens (primary N) is 2. The quantitative estimate of drug-likeness (QED) is 0.0235. The molecule has 3 aromatic carbocycles. The lowest BCUT2D eigenvalue weighted by molar-refractivity contribution is 0.109. The van der Waals surface area contributed by atoms with Gasteiger partial charge in [-0.1, -0.05) is 153 Å². The number of nitrogens with one attached hydrogen (secondary N) is 10. The molecule has 39 heteroatoms. The van der Waals surface area contributed by atoms with E-state index in [1.165, 1.54) is 68.8 Å². The number of ether oxygens (including phenoxy) is 2. The molecule has 0 spiro atoms. The molecule has 4 aliphatic carbocycles. The number of morpholine rings is 2. The van der Waals surface area contributed by atoms with Crippen molar-refractivity contribution in [3.05, 3.63) is 229 Å². The summed E-state index contributed by atoms with van der Waals surface area (Å²) in [4.78, 5) is 35.2. The van der Waals surface area contributed by atoms with Crippen LogP contribution in [0.5, 0.6) is 0 Å². The Morgan fingerprint density at radius 3 is 1.15 bits per heavy atom. The predicted molar refractivity (Wildman–Crippen MR) is 450 cm³/mol. The molecule has 33 nitrogen and oxygen atoms in total. The summed E-state index contributed by atoms with van der Waals surface area (Å²) in [5.41, 5.74) is 20.9. The molecule has 20 rings (SSSR count). The van der Waals surface area contributed by atoms with Gasteiger partial charge in [-0.3, -0.25) is 20.4 Å². The molecule has 606 valence electrons. The minimum Gasteiger partial charge on any atom is -0.382 e. The van der Waals surface area contributed by atoms with E-state index in [1.54, 1.807) is 12.1 Å². The van der Waals surface area contributed by atoms with Crippen molar-refractivity contribution in [2.45, 2.75) is 94.7 Å². The zero-order valence-electron chi connectivity index (χ0n) is 62.9. The maximum Gasteiger partial charge on any atom is 0.227 e. The number of aromatic nitrogens is 19. The molecule has 14 N–H and O–H groups in total. The fourth-order valence-electron chi connectivity index (χ4n) is 11.6. The van der Waals surface area contributed by atoms with Crippen LogP contribution in [-0.2, 0) is 29.1 Å². The molecule has 4 saturated carbocycles. The first-order valence-electron chi connectivity index (χ1n) is 37.8. The third-order valence-electron chi connectivity index (χ3n) is 18.1. The SMILES string of the molecule is C1COCCN1.Clc1cc(Cl)nc(Cl)n1.Clc1cc(Nc2cc(C3CC3)[nH]n2)nc(Cl)n1.Clc1cc(Nc2cc(C3CC3)[nH]n2)nc(NCc2cc(-c3ccccc3)no2)n1.NCc1cc(-c2ccccc2)no1.Nc1cc(C2CC2)[nH]n1.c1ccc(-c2cc(CNc3nc(Nc4cc(C5CC5)[nH]n4)cc(N4CCOCC4)n3)on2)cc1. The van der Waals surface area contributed by atoms with Crippen LogP contribution in [0.15, 0.2) is 171 Å². The molecule has 13 heterocycles. The van der Waals surface area contributed by atoms with Crippen molar-refractivity contribution < 1.29 is 23.0 Å². The van der Waals surface area contributed by atoms with Crippen molar-refractivity contribution in [2.75, 3.05) is 89.8 Å². The smallest absolute Gasteiger partial charge is 0.227 e. The van der Waals surface area contributed by atoms with Crippen molar-refractivity contribution in [2.24, 2.45) is 5.73 Å². The van der Waals surface area contributed by atoms with Crippen LogP contribution in [0.3, 0.4) is 0 Å². The van der Waals surface area contributed by atoms with Crippen molar-refractivity contribution in [1.82, 2.24) is 101 Å². The number of hydrogen-bond acceptors (Lipinski definition) is 29. The standard InChI is InChI=1S/C24H26N8O2.C20H18ClN7O.C10H9Cl2N5.C10H10N2O.C6H9N3.C4HCl3N2.C4H9NO/c1-2-4-16(5-3-1)20-12-18(34-31-20)15-25-24-27-21(14-23(28-24)32-8-10-33-11-9-32)26-22-13-19(29-30-22)17-6-7-17;21-17-10-18(24-19-9-15(26-27-19)13-6-7-13)25-20(23-17)22-11-14-8-16(28-29-14)12-4-2-1-3-5-12;11-7-4-8(15-10(12)13-7)14-9-3-6(16-17-9)5-1-2-5;11-7-9-6-10(12-13-9)8-4-2-1-3-5-8;7-6-3-5(8-9-6)4-1-2-4;5-2-1-3(6)9-4(7)8-2;1-3-6-4-2-5-1/h1-5,12-14,17H,6-11,15H2,(H3,25,26,27,28,29,30);1-5,8-10,13H,6-7,11H2,(H3,22,23,24,25,26,27);3-5H,1-2H2,(H2,13,14,15,16,17);1-6H,7,11H2;3-4H,1-2H2,(H3,7,8,9);1H;5H,1-4H2. The monoisotopic (exact) mass is 1700 g/mol. The number of halogens is 6. The summed E-state index contributed by atoms with van der Waals surface area (Å²) in [5.74, 6) is 10.9. The topological polar surface area (TPSA) is 442 Å². The summed E-state index contributed by atoms with van der Waals surface area (Å²) in [6.07, 6.45) is 9.91. The zero-order valence-corrected chi connectivity index (χ0v) is 67.4. The van der Waals surface area contributed by atoms with Crippen molar-refractivity contribution in [1.29, 1.82) is 0 Å². The second-order valence-corrected chi connectivity index (χ2v) is 29.5. The normalized spacial score (nSPS) is 14.6. The van der Waals surface area contributed by atoms with Crippen molar-refractivity contribution >= 4 is 128 Å². The number of benzene rings is 3. The van der Waals surface area contributed by atoms with Crippen LogP contribution in [0.25, 0.3) is 33.8 Å². The summed E-state index contributed by atoms with van der Waals surface area (Å²) in [7, 11) is 0. The van der Waals surface area contributed by atoms with Crippen molar-refractivity contribution in [3.63, 3.8) is 0 Å². The van der Waals surface area contributed by atoms with E-state index in [0.717, 1.165) is 102 Å². The number of anilines is 10. The van der Waals surface area contributed by atoms with Crippen LogP contribution >= 0.6 is 69.6 Å². The molecular formula is C78H82Cl6N28O5. The number of aromatic amines is 4. The van der Waals surface area contributed by atoms with E-state index in [0.29, 0.717) is 125 Å². The van der Waals surface area contributed by atoms with Gasteiger partial charge in [-0.05, 0) is 74.6 Å². The van der Waals surface area contributed by atoms with E-state index in [-0.39, 0.29) is 20.9 Å². The average molecular weight is 1700 g/mol. The summed E-state index contributed by atoms with van der Waals surface area (Å²) >= 11 is 33.9. The fourth-order valence-corrected chi connectivity index (χ4v) is 12.8. The third kappa shape index (κ3) is 26.1. The summed E-state index contributed by atoms with van der Waals surface area (Å²) in [5, 5.41) is 61.3. The van der Waals surface area contributed by atoms with Gasteiger partial charge in [-0.25, -0.2) is 24.9 Å². The lowest BCUT2D eigenvalue weighted by Crippen LogP contribution is -2.37. The first kappa shape index (κ1) is 82.2. The Morgan fingerprint density at radius 1 is 0.385 bits per heavy atom. The van der Waals surface area contributed by atoms with Gasteiger partial charge in [0.1, 0.15) is 66.8 Å². The van der Waals surface area contributed by atoms with Crippen LogP contribution < -0.4 is 48.3 Å². The van der Waals surface area contributed by atoms with E-state index >= 15 is 0 Å². The molecule has 2 saturated heterocycles. The highest BCUT2D eigenvalue weighted by Gasteiger charge is 2.29. The van der Waals surface area contributed by atoms with E-state index in [1.807, 2.05) is 133 Å². The maximum absolute atomic E-state index is 6.15.